The molecule has 3 aliphatic carbocycles. The van der Waals surface area contributed by atoms with Gasteiger partial charge in [-0.2, -0.15) is 0 Å². The molecule has 0 aliphatic heterocycles. The van der Waals surface area contributed by atoms with Crippen LogP contribution in [0.5, 0.6) is 0 Å². The van der Waals surface area contributed by atoms with Crippen molar-refractivity contribution < 1.29 is 0 Å². The molecule has 0 spiro atoms. The van der Waals surface area contributed by atoms with Gasteiger partial charge in [-0.3, -0.25) is 0 Å². The van der Waals surface area contributed by atoms with Crippen molar-refractivity contribution >= 4 is 38.9 Å². The maximum absolute atomic E-state index is 2.53. The third-order valence-electron chi connectivity index (χ3n) is 14.4. The molecule has 8 aromatic carbocycles. The van der Waals surface area contributed by atoms with Crippen LogP contribution in [0.25, 0.3) is 49.7 Å². The lowest BCUT2D eigenvalue weighted by atomic mass is 9.54. The van der Waals surface area contributed by atoms with E-state index in [1.807, 2.05) is 0 Å². The fraction of sp³-hybridized carbons (Fsp3) is 0.119. The summed E-state index contributed by atoms with van der Waals surface area (Å²) in [7, 11) is 0. The Labute approximate surface area is 358 Å². The summed E-state index contributed by atoms with van der Waals surface area (Å²) in [6.07, 6.45) is 10.2. The second-order valence-electron chi connectivity index (χ2n) is 17.9. The Morgan fingerprint density at radius 2 is 1.00 bits per heavy atom. The van der Waals surface area contributed by atoms with E-state index in [0.717, 1.165) is 29.2 Å². The van der Waals surface area contributed by atoms with Gasteiger partial charge >= 0.3 is 0 Å². The van der Waals surface area contributed by atoms with Crippen LogP contribution in [-0.4, -0.2) is 4.57 Å². The van der Waals surface area contributed by atoms with E-state index in [4.69, 9.17) is 0 Å². The largest absolute Gasteiger partial charge is 0.310 e. The summed E-state index contributed by atoms with van der Waals surface area (Å²) in [4.78, 5) is 2.52. The molecule has 61 heavy (non-hydrogen) atoms. The zero-order chi connectivity index (χ0) is 40.9. The molecule has 9 aromatic rings. The number of nitrogens with zero attached hydrogens (tertiary/aromatic N) is 2. The lowest BCUT2D eigenvalue weighted by molar-refractivity contribution is 0.293. The van der Waals surface area contributed by atoms with Crippen LogP contribution < -0.4 is 4.90 Å². The lowest BCUT2D eigenvalue weighted by Crippen LogP contribution is -2.43. The molecule has 0 N–H and O–H groups in total. The molecule has 12 rings (SSSR count). The summed E-state index contributed by atoms with van der Waals surface area (Å²) < 4.78 is 2.43. The van der Waals surface area contributed by atoms with Crippen molar-refractivity contribution in [1.29, 1.82) is 0 Å². The number of anilines is 3. The molecule has 292 valence electrons. The van der Waals surface area contributed by atoms with Crippen molar-refractivity contribution in [3.63, 3.8) is 0 Å². The third-order valence-corrected chi connectivity index (χ3v) is 14.4. The van der Waals surface area contributed by atoms with Crippen LogP contribution >= 0.6 is 0 Å². The smallest absolute Gasteiger partial charge is 0.0561 e. The Kier molecular flexibility index (Phi) is 7.72. The minimum Gasteiger partial charge on any atom is -0.310 e. The summed E-state index contributed by atoms with van der Waals surface area (Å²) in [6, 6.07) is 70.5. The predicted molar refractivity (Wildman–Crippen MR) is 256 cm³/mol. The minimum absolute atomic E-state index is 0.144. The summed E-state index contributed by atoms with van der Waals surface area (Å²) in [6.45, 7) is 7.22. The fourth-order valence-electron chi connectivity index (χ4n) is 11.6. The number of aromatic nitrogens is 1. The highest BCUT2D eigenvalue weighted by Crippen LogP contribution is 2.63. The third kappa shape index (κ3) is 4.97. The van der Waals surface area contributed by atoms with Crippen molar-refractivity contribution in [2.24, 2.45) is 5.41 Å². The summed E-state index contributed by atoms with van der Waals surface area (Å²) in [5, 5.41) is 2.49. The van der Waals surface area contributed by atoms with E-state index in [9.17, 15) is 0 Å². The molecule has 1 heterocycles. The van der Waals surface area contributed by atoms with Gasteiger partial charge in [-0.1, -0.05) is 179 Å². The Morgan fingerprint density at radius 3 is 1.74 bits per heavy atom. The SMILES string of the molecule is CC1(C)c2ccccc2-c2ccc(N(c3ccc4c(c3)C(c3ccccc3)(C3(C)C=CC=CC3)c3ccccc3-4)c3ccc4c5ccccc5n(-c5ccccc5)c4c3)cc21. The van der Waals surface area contributed by atoms with Crippen molar-refractivity contribution in [3.05, 3.63) is 240 Å². The fourth-order valence-corrected chi connectivity index (χ4v) is 11.6. The molecule has 0 saturated heterocycles. The van der Waals surface area contributed by atoms with E-state index in [1.165, 1.54) is 71.9 Å². The van der Waals surface area contributed by atoms with Crippen LogP contribution in [0, 0.1) is 5.41 Å². The van der Waals surface area contributed by atoms with Gasteiger partial charge in [-0.25, -0.2) is 0 Å². The first kappa shape index (κ1) is 35.8. The van der Waals surface area contributed by atoms with Gasteiger partial charge in [-0.05, 0) is 111 Å². The van der Waals surface area contributed by atoms with Gasteiger partial charge in [0.1, 0.15) is 0 Å². The predicted octanol–water partition coefficient (Wildman–Crippen LogP) is 15.4. The van der Waals surface area contributed by atoms with Gasteiger partial charge in [0.25, 0.3) is 0 Å². The van der Waals surface area contributed by atoms with E-state index in [-0.39, 0.29) is 10.8 Å². The van der Waals surface area contributed by atoms with Crippen molar-refractivity contribution in [1.82, 2.24) is 4.57 Å². The highest BCUT2D eigenvalue weighted by Gasteiger charge is 2.55. The summed E-state index contributed by atoms with van der Waals surface area (Å²) in [5.74, 6) is 0. The molecule has 0 saturated carbocycles. The number of rotatable bonds is 6. The van der Waals surface area contributed by atoms with Crippen LogP contribution in [0.15, 0.2) is 212 Å². The lowest BCUT2D eigenvalue weighted by Gasteiger charge is -2.48. The van der Waals surface area contributed by atoms with E-state index >= 15 is 0 Å². The molecular weight excluding hydrogens is 737 g/mol. The second kappa shape index (κ2) is 13.2. The number of hydrogen-bond donors (Lipinski definition) is 0. The van der Waals surface area contributed by atoms with Gasteiger partial charge in [-0.15, -0.1) is 0 Å². The molecule has 0 bridgehead atoms. The zero-order valence-electron chi connectivity index (χ0n) is 34.8. The van der Waals surface area contributed by atoms with Crippen LogP contribution in [0.3, 0.4) is 0 Å². The number of benzene rings is 8. The number of fused-ring (bicyclic) bond motifs is 9. The van der Waals surface area contributed by atoms with Gasteiger partial charge in [0.15, 0.2) is 0 Å². The van der Waals surface area contributed by atoms with Gasteiger partial charge < -0.3 is 9.47 Å². The maximum atomic E-state index is 2.53. The Bertz CT molecular complexity index is 3270. The Balaban J connectivity index is 1.15. The van der Waals surface area contributed by atoms with Crippen molar-refractivity contribution in [2.45, 2.75) is 38.0 Å². The molecule has 2 heteroatoms. The van der Waals surface area contributed by atoms with E-state index in [0.29, 0.717) is 0 Å². The highest BCUT2D eigenvalue weighted by molar-refractivity contribution is 6.10. The molecule has 3 aliphatic rings. The van der Waals surface area contributed by atoms with Crippen LogP contribution in [0.1, 0.15) is 55.0 Å². The average molecular weight is 783 g/mol. The monoisotopic (exact) mass is 782 g/mol. The number of para-hydroxylation sites is 2. The van der Waals surface area contributed by atoms with E-state index < -0.39 is 5.41 Å². The average Bonchev–Trinajstić information content (AvgIpc) is 3.88. The first-order chi connectivity index (χ1) is 29.9. The first-order valence-corrected chi connectivity index (χ1v) is 21.7. The number of allylic oxidation sites excluding steroid dienone is 4. The molecule has 2 nitrogen and oxygen atoms in total. The minimum atomic E-state index is -0.436. The standard InChI is InChI=1S/C59H46N2/c1-57(2)51-26-14-11-23-45(51)47-32-29-42(37-53(47)57)60(44-31-34-50-49-25-13-16-28-55(49)61(56(50)39-44)41-21-9-5-10-22-41)43-30-33-48-46-24-12-15-27-52(46)59(54(48)38-43,40-19-7-4-8-20-40)58(3)35-17-6-18-36-58/h4-35,37-39H,36H2,1-3H3. The van der Waals surface area contributed by atoms with Crippen molar-refractivity contribution in [3.8, 4) is 27.9 Å². The normalized spacial score (nSPS) is 19.1. The number of hydrogen-bond acceptors (Lipinski definition) is 1. The first-order valence-electron chi connectivity index (χ1n) is 21.7. The molecule has 0 radical (unpaired) electrons. The van der Waals surface area contributed by atoms with Gasteiger partial charge in [0.2, 0.25) is 0 Å². The molecule has 0 amide bonds. The molecule has 2 unspecified atom stereocenters. The van der Waals surface area contributed by atoms with E-state index in [1.54, 1.807) is 0 Å². The van der Waals surface area contributed by atoms with Crippen LogP contribution in [-0.2, 0) is 10.8 Å². The molecular formula is C59H46N2. The zero-order valence-corrected chi connectivity index (χ0v) is 34.8. The molecule has 2 atom stereocenters. The molecule has 1 aromatic heterocycles. The summed E-state index contributed by atoms with van der Waals surface area (Å²) in [5.41, 5.74) is 18.2. The quantitative estimate of drug-likeness (QED) is 0.163. The van der Waals surface area contributed by atoms with Crippen molar-refractivity contribution in [2.75, 3.05) is 4.90 Å². The summed E-state index contributed by atoms with van der Waals surface area (Å²) >= 11 is 0. The topological polar surface area (TPSA) is 8.17 Å². The van der Waals surface area contributed by atoms with E-state index in [2.05, 4.69) is 243 Å². The Morgan fingerprint density at radius 1 is 0.443 bits per heavy atom. The van der Waals surface area contributed by atoms with Gasteiger partial charge in [0.05, 0.1) is 16.4 Å². The second-order valence-corrected chi connectivity index (χ2v) is 17.9. The van der Waals surface area contributed by atoms with Crippen LogP contribution in [0.4, 0.5) is 17.1 Å². The van der Waals surface area contributed by atoms with Crippen LogP contribution in [0.2, 0.25) is 0 Å². The van der Waals surface area contributed by atoms with Gasteiger partial charge in [0, 0.05) is 44.4 Å². The maximum Gasteiger partial charge on any atom is 0.0561 e. The Hall–Kier alpha value is -7.16. The highest BCUT2D eigenvalue weighted by atomic mass is 15.1. The molecule has 0 fully saturated rings.